The first-order chi connectivity index (χ1) is 9.22. The summed E-state index contributed by atoms with van der Waals surface area (Å²) in [5.41, 5.74) is 2.57. The topological polar surface area (TPSA) is 55.1 Å². The summed E-state index contributed by atoms with van der Waals surface area (Å²) in [6.45, 7) is 2.20. The van der Waals surface area contributed by atoms with Crippen LogP contribution >= 0.6 is 0 Å². The van der Waals surface area contributed by atoms with E-state index in [1.54, 1.807) is 6.20 Å². The highest BCUT2D eigenvalue weighted by Gasteiger charge is 2.26. The quantitative estimate of drug-likeness (QED) is 0.914. The summed E-state index contributed by atoms with van der Waals surface area (Å²) in [5.74, 6) is 1.43. The molecule has 4 heteroatoms. The van der Waals surface area contributed by atoms with Crippen molar-refractivity contribution in [2.24, 2.45) is 5.92 Å². The molecule has 0 radical (unpaired) electrons. The lowest BCUT2D eigenvalue weighted by atomic mass is 10.1. The molecule has 0 unspecified atom stereocenters. The zero-order valence-electron chi connectivity index (χ0n) is 10.8. The molecule has 0 spiro atoms. The Bertz CT molecular complexity index is 579. The average molecular weight is 256 g/mol. The van der Waals surface area contributed by atoms with Gasteiger partial charge in [0.1, 0.15) is 5.76 Å². The second-order valence-electron chi connectivity index (χ2n) is 4.96. The fourth-order valence-corrected chi connectivity index (χ4v) is 2.53. The second-order valence-corrected chi connectivity index (χ2v) is 4.96. The van der Waals surface area contributed by atoms with Crippen molar-refractivity contribution in [3.05, 3.63) is 53.2 Å². The van der Waals surface area contributed by atoms with Crippen molar-refractivity contribution in [3.8, 4) is 0 Å². The zero-order valence-corrected chi connectivity index (χ0v) is 10.8. The number of rotatable bonds is 3. The lowest BCUT2D eigenvalue weighted by molar-refractivity contribution is -0.125. The molecule has 0 saturated carbocycles. The summed E-state index contributed by atoms with van der Waals surface area (Å²) >= 11 is 0. The van der Waals surface area contributed by atoms with Crippen LogP contribution in [0.5, 0.6) is 0 Å². The number of aryl methyl sites for hydroxylation is 1. The number of oxazole rings is 1. The number of carbonyl (C=O) groups is 1. The first-order valence-electron chi connectivity index (χ1n) is 6.48. The number of aromatic nitrogens is 1. The summed E-state index contributed by atoms with van der Waals surface area (Å²) < 4.78 is 5.33. The fraction of sp³-hybridized carbons (Fsp3) is 0.333. The third-order valence-corrected chi connectivity index (χ3v) is 3.50. The molecule has 1 aliphatic carbocycles. The molecule has 0 atom stereocenters. The summed E-state index contributed by atoms with van der Waals surface area (Å²) in [6.07, 6.45) is 3.31. The van der Waals surface area contributed by atoms with Gasteiger partial charge >= 0.3 is 0 Å². The Kier molecular flexibility index (Phi) is 3.07. The monoisotopic (exact) mass is 256 g/mol. The Hall–Kier alpha value is -2.10. The molecule has 1 aromatic carbocycles. The van der Waals surface area contributed by atoms with Crippen LogP contribution in [0.25, 0.3) is 0 Å². The minimum Gasteiger partial charge on any atom is -0.444 e. The maximum atomic E-state index is 12.1. The van der Waals surface area contributed by atoms with Crippen LogP contribution in [0.2, 0.25) is 0 Å². The van der Waals surface area contributed by atoms with Gasteiger partial charge in [-0.05, 0) is 30.9 Å². The van der Waals surface area contributed by atoms with Gasteiger partial charge in [0.05, 0.1) is 12.7 Å². The molecule has 0 bridgehead atoms. The molecule has 3 rings (SSSR count). The lowest BCUT2D eigenvalue weighted by Crippen LogP contribution is -2.30. The van der Waals surface area contributed by atoms with E-state index in [2.05, 4.69) is 22.4 Å². The first kappa shape index (κ1) is 12.0. The second kappa shape index (κ2) is 4.88. The van der Waals surface area contributed by atoms with Gasteiger partial charge in [-0.15, -0.1) is 0 Å². The Morgan fingerprint density at radius 2 is 2.05 bits per heavy atom. The van der Waals surface area contributed by atoms with Crippen LogP contribution in [0.1, 0.15) is 22.8 Å². The standard InChI is InChI=1S/C15H16N2O2/c1-10-8-16-14(19-10)9-17-15(18)13-6-11-4-2-3-5-12(11)7-13/h2-5,8,13H,6-7,9H2,1H3,(H,17,18). The summed E-state index contributed by atoms with van der Waals surface area (Å²) in [5, 5.41) is 2.89. The normalized spacial score (nSPS) is 14.4. The Morgan fingerprint density at radius 1 is 1.37 bits per heavy atom. The molecule has 0 aliphatic heterocycles. The van der Waals surface area contributed by atoms with Gasteiger partial charge in [-0.1, -0.05) is 24.3 Å². The van der Waals surface area contributed by atoms with Gasteiger partial charge in [0, 0.05) is 5.92 Å². The van der Waals surface area contributed by atoms with E-state index in [-0.39, 0.29) is 11.8 Å². The van der Waals surface area contributed by atoms with Gasteiger partial charge in [0.2, 0.25) is 11.8 Å². The number of hydrogen-bond acceptors (Lipinski definition) is 3. The fourth-order valence-electron chi connectivity index (χ4n) is 2.53. The molecule has 1 amide bonds. The van der Waals surface area contributed by atoms with E-state index >= 15 is 0 Å². The third kappa shape index (κ3) is 2.52. The molecule has 1 heterocycles. The van der Waals surface area contributed by atoms with Crippen molar-refractivity contribution in [2.75, 3.05) is 0 Å². The first-order valence-corrected chi connectivity index (χ1v) is 6.48. The van der Waals surface area contributed by atoms with E-state index in [1.807, 2.05) is 19.1 Å². The van der Waals surface area contributed by atoms with Crippen LogP contribution in [0.4, 0.5) is 0 Å². The van der Waals surface area contributed by atoms with Crippen LogP contribution in [0, 0.1) is 12.8 Å². The SMILES string of the molecule is Cc1cnc(CNC(=O)C2Cc3ccccc3C2)o1. The highest BCUT2D eigenvalue weighted by atomic mass is 16.4. The predicted octanol–water partition coefficient (Wildman–Crippen LogP) is 2.01. The molecular weight excluding hydrogens is 240 g/mol. The van der Waals surface area contributed by atoms with Crippen molar-refractivity contribution >= 4 is 5.91 Å². The average Bonchev–Trinajstić information content (AvgIpc) is 3.01. The minimum atomic E-state index is 0.0356. The van der Waals surface area contributed by atoms with E-state index < -0.39 is 0 Å². The number of hydrogen-bond donors (Lipinski definition) is 1. The number of nitrogens with zero attached hydrogens (tertiary/aromatic N) is 1. The van der Waals surface area contributed by atoms with E-state index in [9.17, 15) is 4.79 Å². The maximum absolute atomic E-state index is 12.1. The summed E-state index contributed by atoms with van der Waals surface area (Å²) in [7, 11) is 0. The van der Waals surface area contributed by atoms with Crippen LogP contribution in [0.15, 0.2) is 34.9 Å². The molecule has 0 saturated heterocycles. The molecule has 4 nitrogen and oxygen atoms in total. The van der Waals surface area contributed by atoms with Crippen LogP contribution < -0.4 is 5.32 Å². The van der Waals surface area contributed by atoms with Crippen LogP contribution in [-0.2, 0) is 24.2 Å². The van der Waals surface area contributed by atoms with Crippen molar-refractivity contribution in [3.63, 3.8) is 0 Å². The molecular formula is C15H16N2O2. The Morgan fingerprint density at radius 3 is 2.63 bits per heavy atom. The van der Waals surface area contributed by atoms with Gasteiger partial charge in [0.15, 0.2) is 0 Å². The van der Waals surface area contributed by atoms with Gasteiger partial charge < -0.3 is 9.73 Å². The summed E-state index contributed by atoms with van der Waals surface area (Å²) in [6, 6.07) is 8.24. The number of carbonyl (C=O) groups excluding carboxylic acids is 1. The van der Waals surface area contributed by atoms with Crippen molar-refractivity contribution in [1.29, 1.82) is 0 Å². The Balaban J connectivity index is 1.58. The summed E-state index contributed by atoms with van der Waals surface area (Å²) in [4.78, 5) is 16.2. The molecule has 1 aromatic heterocycles. The number of benzene rings is 1. The molecule has 98 valence electrons. The predicted molar refractivity (Wildman–Crippen MR) is 70.4 cm³/mol. The smallest absolute Gasteiger partial charge is 0.224 e. The zero-order chi connectivity index (χ0) is 13.2. The largest absolute Gasteiger partial charge is 0.444 e. The highest BCUT2D eigenvalue weighted by molar-refractivity contribution is 5.80. The molecule has 1 N–H and O–H groups in total. The van der Waals surface area contributed by atoms with Gasteiger partial charge in [-0.3, -0.25) is 4.79 Å². The Labute approximate surface area is 111 Å². The van der Waals surface area contributed by atoms with Crippen molar-refractivity contribution in [1.82, 2.24) is 10.3 Å². The number of amides is 1. The number of nitrogens with one attached hydrogen (secondary N) is 1. The van der Waals surface area contributed by atoms with E-state index in [0.717, 1.165) is 18.6 Å². The van der Waals surface area contributed by atoms with Gasteiger partial charge in [0.25, 0.3) is 0 Å². The van der Waals surface area contributed by atoms with Crippen LogP contribution in [0.3, 0.4) is 0 Å². The van der Waals surface area contributed by atoms with E-state index in [0.29, 0.717) is 12.4 Å². The molecule has 1 aliphatic rings. The van der Waals surface area contributed by atoms with Gasteiger partial charge in [-0.25, -0.2) is 4.98 Å². The van der Waals surface area contributed by atoms with E-state index in [1.165, 1.54) is 11.1 Å². The molecule has 0 fully saturated rings. The van der Waals surface area contributed by atoms with Gasteiger partial charge in [-0.2, -0.15) is 0 Å². The molecule has 2 aromatic rings. The number of fused-ring (bicyclic) bond motifs is 1. The lowest BCUT2D eigenvalue weighted by Gasteiger charge is -2.08. The van der Waals surface area contributed by atoms with E-state index in [4.69, 9.17) is 4.42 Å². The highest BCUT2D eigenvalue weighted by Crippen LogP contribution is 2.26. The maximum Gasteiger partial charge on any atom is 0.224 e. The van der Waals surface area contributed by atoms with Crippen LogP contribution in [-0.4, -0.2) is 10.9 Å². The third-order valence-electron chi connectivity index (χ3n) is 3.50. The molecule has 19 heavy (non-hydrogen) atoms. The van der Waals surface area contributed by atoms with Crippen molar-refractivity contribution < 1.29 is 9.21 Å². The van der Waals surface area contributed by atoms with Crippen molar-refractivity contribution in [2.45, 2.75) is 26.3 Å². The minimum absolute atomic E-state index is 0.0356.